The van der Waals surface area contributed by atoms with Crippen LogP contribution >= 0.6 is 0 Å². The van der Waals surface area contributed by atoms with Crippen molar-refractivity contribution in [1.82, 2.24) is 15.2 Å². The molecule has 1 amide bonds. The lowest BCUT2D eigenvalue weighted by Gasteiger charge is -2.31. The van der Waals surface area contributed by atoms with Gasteiger partial charge in [-0.25, -0.2) is 0 Å². The number of nitrogens with zero attached hydrogens (tertiary/aromatic N) is 2. The molecule has 2 aromatic rings. The van der Waals surface area contributed by atoms with Crippen LogP contribution in [0.2, 0.25) is 0 Å². The highest BCUT2D eigenvalue weighted by molar-refractivity contribution is 5.82. The van der Waals surface area contributed by atoms with E-state index in [2.05, 4.69) is 28.2 Å². The molecule has 1 unspecified atom stereocenters. The number of aromatic nitrogens is 1. The van der Waals surface area contributed by atoms with Gasteiger partial charge in [0.15, 0.2) is 0 Å². The third-order valence-electron chi connectivity index (χ3n) is 4.02. The molecular weight excluding hydrogens is 278 g/mol. The molecule has 1 fully saturated rings. The van der Waals surface area contributed by atoms with Gasteiger partial charge in [0.25, 0.3) is 5.91 Å². The zero-order chi connectivity index (χ0) is 15.4. The van der Waals surface area contributed by atoms with Gasteiger partial charge in [0.05, 0.1) is 12.1 Å². The summed E-state index contributed by atoms with van der Waals surface area (Å²) in [5.41, 5.74) is 2.03. The first-order chi connectivity index (χ1) is 10.8. The molecular formula is C17H21N3O2. The van der Waals surface area contributed by atoms with Gasteiger partial charge in [-0.1, -0.05) is 19.1 Å². The Bertz CT molecular complexity index is 659. The van der Waals surface area contributed by atoms with Crippen LogP contribution in [0.4, 0.5) is 0 Å². The molecule has 22 heavy (non-hydrogen) atoms. The Balaban J connectivity index is 1.59. The highest BCUT2D eigenvalue weighted by Gasteiger charge is 2.25. The van der Waals surface area contributed by atoms with Crippen LogP contribution in [0.25, 0.3) is 10.9 Å². The van der Waals surface area contributed by atoms with Crippen LogP contribution in [-0.2, 0) is 16.1 Å². The molecule has 3 rings (SSSR count). The van der Waals surface area contributed by atoms with Crippen LogP contribution in [0.5, 0.6) is 0 Å². The lowest BCUT2D eigenvalue weighted by Crippen LogP contribution is -2.49. The number of morpholine rings is 1. The Hall–Kier alpha value is -1.98. The Morgan fingerprint density at radius 1 is 1.45 bits per heavy atom. The Kier molecular flexibility index (Phi) is 4.65. The average molecular weight is 299 g/mol. The van der Waals surface area contributed by atoms with Crippen molar-refractivity contribution < 1.29 is 9.53 Å². The van der Waals surface area contributed by atoms with Crippen LogP contribution in [-0.4, -0.2) is 48.1 Å². The third kappa shape index (κ3) is 3.43. The first-order valence-corrected chi connectivity index (χ1v) is 7.71. The molecule has 1 atom stereocenters. The van der Waals surface area contributed by atoms with Crippen molar-refractivity contribution in [2.75, 3.05) is 26.2 Å². The van der Waals surface area contributed by atoms with Crippen molar-refractivity contribution in [3.8, 4) is 0 Å². The maximum atomic E-state index is 12.2. The second-order valence-electron chi connectivity index (χ2n) is 5.50. The van der Waals surface area contributed by atoms with Crippen molar-refractivity contribution in [2.24, 2.45) is 0 Å². The summed E-state index contributed by atoms with van der Waals surface area (Å²) in [6, 6.07) is 9.97. The Labute approximate surface area is 130 Å². The summed E-state index contributed by atoms with van der Waals surface area (Å²) in [6.07, 6.45) is 1.42. The number of carbonyl (C=O) groups is 1. The van der Waals surface area contributed by atoms with Gasteiger partial charge in [0, 0.05) is 31.2 Å². The smallest absolute Gasteiger partial charge is 0.250 e. The van der Waals surface area contributed by atoms with E-state index in [0.717, 1.165) is 29.6 Å². The van der Waals surface area contributed by atoms with E-state index in [0.29, 0.717) is 19.7 Å². The molecule has 5 nitrogen and oxygen atoms in total. The number of hydrogen-bond acceptors (Lipinski definition) is 4. The van der Waals surface area contributed by atoms with Crippen molar-refractivity contribution in [3.05, 3.63) is 42.1 Å². The van der Waals surface area contributed by atoms with E-state index < -0.39 is 0 Å². The van der Waals surface area contributed by atoms with Gasteiger partial charge in [-0.15, -0.1) is 0 Å². The van der Waals surface area contributed by atoms with Gasteiger partial charge in [0.2, 0.25) is 0 Å². The SMILES string of the molecule is CCN1CCOC(C(=O)NCc2ccc3ncccc3c2)C1. The van der Waals surface area contributed by atoms with E-state index in [1.807, 2.05) is 24.3 Å². The van der Waals surface area contributed by atoms with Crippen LogP contribution in [0.15, 0.2) is 36.5 Å². The normalized spacial score (nSPS) is 19.2. The fourth-order valence-electron chi connectivity index (χ4n) is 2.69. The second kappa shape index (κ2) is 6.85. The highest BCUT2D eigenvalue weighted by Crippen LogP contribution is 2.13. The number of pyridine rings is 1. The highest BCUT2D eigenvalue weighted by atomic mass is 16.5. The number of hydrogen-bond donors (Lipinski definition) is 1. The largest absolute Gasteiger partial charge is 0.366 e. The van der Waals surface area contributed by atoms with Crippen molar-refractivity contribution in [1.29, 1.82) is 0 Å². The van der Waals surface area contributed by atoms with Gasteiger partial charge in [0.1, 0.15) is 6.10 Å². The fourth-order valence-corrected chi connectivity index (χ4v) is 2.69. The number of likely N-dealkylation sites (N-methyl/N-ethyl adjacent to an activating group) is 1. The molecule has 1 aliphatic rings. The summed E-state index contributed by atoms with van der Waals surface area (Å²) in [6.45, 7) is 5.75. The van der Waals surface area contributed by atoms with E-state index in [9.17, 15) is 4.79 Å². The maximum Gasteiger partial charge on any atom is 0.250 e. The van der Waals surface area contributed by atoms with Gasteiger partial charge in [-0.3, -0.25) is 14.7 Å². The number of carbonyl (C=O) groups excluding carboxylic acids is 1. The fraction of sp³-hybridized carbons (Fsp3) is 0.412. The molecule has 2 heterocycles. The molecule has 0 spiro atoms. The summed E-state index contributed by atoms with van der Waals surface area (Å²) >= 11 is 0. The van der Waals surface area contributed by atoms with E-state index in [1.54, 1.807) is 6.20 Å². The minimum absolute atomic E-state index is 0.0376. The third-order valence-corrected chi connectivity index (χ3v) is 4.02. The summed E-state index contributed by atoms with van der Waals surface area (Å²) in [5.74, 6) is -0.0376. The summed E-state index contributed by atoms with van der Waals surface area (Å²) in [7, 11) is 0. The van der Waals surface area contributed by atoms with Crippen molar-refractivity contribution in [2.45, 2.75) is 19.6 Å². The minimum Gasteiger partial charge on any atom is -0.366 e. The lowest BCUT2D eigenvalue weighted by atomic mass is 10.1. The molecule has 5 heteroatoms. The summed E-state index contributed by atoms with van der Waals surface area (Å²) in [4.78, 5) is 18.7. The van der Waals surface area contributed by atoms with E-state index >= 15 is 0 Å². The van der Waals surface area contributed by atoms with Crippen molar-refractivity contribution in [3.63, 3.8) is 0 Å². The predicted octanol–water partition coefficient (Wildman–Crippen LogP) is 1.57. The molecule has 1 aromatic carbocycles. The predicted molar refractivity (Wildman–Crippen MR) is 85.4 cm³/mol. The molecule has 1 saturated heterocycles. The molecule has 0 bridgehead atoms. The number of nitrogens with one attached hydrogen (secondary N) is 1. The second-order valence-corrected chi connectivity index (χ2v) is 5.50. The molecule has 0 radical (unpaired) electrons. The molecule has 0 saturated carbocycles. The zero-order valence-corrected chi connectivity index (χ0v) is 12.8. The quantitative estimate of drug-likeness (QED) is 0.931. The monoisotopic (exact) mass is 299 g/mol. The molecule has 1 aliphatic heterocycles. The number of benzene rings is 1. The van der Waals surface area contributed by atoms with Crippen LogP contribution < -0.4 is 5.32 Å². The summed E-state index contributed by atoms with van der Waals surface area (Å²) < 4.78 is 5.57. The van der Waals surface area contributed by atoms with Gasteiger partial charge < -0.3 is 10.1 Å². The van der Waals surface area contributed by atoms with Gasteiger partial charge >= 0.3 is 0 Å². The molecule has 1 N–H and O–H groups in total. The molecule has 116 valence electrons. The zero-order valence-electron chi connectivity index (χ0n) is 12.8. The first-order valence-electron chi connectivity index (χ1n) is 7.71. The number of fused-ring (bicyclic) bond motifs is 1. The molecule has 1 aromatic heterocycles. The minimum atomic E-state index is -0.365. The van der Waals surface area contributed by atoms with E-state index in [-0.39, 0.29) is 12.0 Å². The van der Waals surface area contributed by atoms with E-state index in [4.69, 9.17) is 4.74 Å². The lowest BCUT2D eigenvalue weighted by molar-refractivity contribution is -0.138. The van der Waals surface area contributed by atoms with Gasteiger partial charge in [-0.2, -0.15) is 0 Å². The van der Waals surface area contributed by atoms with Crippen LogP contribution in [0.1, 0.15) is 12.5 Å². The maximum absolute atomic E-state index is 12.2. The first kappa shape index (κ1) is 14.9. The number of amides is 1. The van der Waals surface area contributed by atoms with Crippen LogP contribution in [0.3, 0.4) is 0 Å². The number of ether oxygens (including phenoxy) is 1. The standard InChI is InChI=1S/C17H21N3O2/c1-2-20-8-9-22-16(12-20)17(21)19-11-13-5-6-15-14(10-13)4-3-7-18-15/h3-7,10,16H,2,8-9,11-12H2,1H3,(H,19,21). The number of rotatable bonds is 4. The average Bonchev–Trinajstić information content (AvgIpc) is 2.59. The summed E-state index contributed by atoms with van der Waals surface area (Å²) in [5, 5.41) is 4.05. The Morgan fingerprint density at radius 2 is 2.36 bits per heavy atom. The van der Waals surface area contributed by atoms with Crippen LogP contribution in [0, 0.1) is 0 Å². The Morgan fingerprint density at radius 3 is 3.23 bits per heavy atom. The van der Waals surface area contributed by atoms with Gasteiger partial charge in [-0.05, 0) is 30.3 Å². The van der Waals surface area contributed by atoms with Crippen molar-refractivity contribution >= 4 is 16.8 Å². The topological polar surface area (TPSA) is 54.5 Å². The molecule has 0 aliphatic carbocycles. The van der Waals surface area contributed by atoms with E-state index in [1.165, 1.54) is 0 Å².